The fraction of sp³-hybridized carbons (Fsp3) is 1.00. The molecule has 18 heavy (non-hydrogen) atoms. The fourth-order valence-electron chi connectivity index (χ4n) is 0.970. The van der Waals surface area contributed by atoms with Crippen molar-refractivity contribution in [2.75, 3.05) is 32.1 Å². The lowest BCUT2D eigenvalue weighted by Gasteiger charge is -2.19. The first kappa shape index (κ1) is 17.7. The highest BCUT2D eigenvalue weighted by Gasteiger charge is 2.28. The molecule has 0 spiro atoms. The van der Waals surface area contributed by atoms with Gasteiger partial charge in [-0.3, -0.25) is 0 Å². The Morgan fingerprint density at radius 2 is 1.67 bits per heavy atom. The van der Waals surface area contributed by atoms with E-state index in [1.165, 1.54) is 0 Å². The van der Waals surface area contributed by atoms with Gasteiger partial charge in [0.25, 0.3) is 0 Å². The summed E-state index contributed by atoms with van der Waals surface area (Å²) in [5.74, 6) is -0.0459. The van der Waals surface area contributed by atoms with Crippen LogP contribution in [0.25, 0.3) is 0 Å². The summed E-state index contributed by atoms with van der Waals surface area (Å²) in [6, 6.07) is 0. The Bertz CT molecular complexity index is 333. The Kier molecular flexibility index (Phi) is 6.59. The van der Waals surface area contributed by atoms with Crippen molar-refractivity contribution in [2.45, 2.75) is 31.7 Å². The highest BCUT2D eigenvalue weighted by Crippen LogP contribution is 2.15. The summed E-state index contributed by atoms with van der Waals surface area (Å²) in [4.78, 5) is 0. The molecule has 0 aliphatic rings. The first-order chi connectivity index (χ1) is 7.96. The summed E-state index contributed by atoms with van der Waals surface area (Å²) in [5, 5.41) is 2.73. The maximum absolute atomic E-state index is 11.7. The minimum absolute atomic E-state index is 0.0459. The second-order valence-corrected chi connectivity index (χ2v) is 7.71. The largest absolute Gasteiger partial charge is 0.411 e. The van der Waals surface area contributed by atoms with Gasteiger partial charge in [-0.1, -0.05) is 0 Å². The highest BCUT2D eigenvalue weighted by atomic mass is 32.2. The molecule has 0 aliphatic carbocycles. The maximum Gasteiger partial charge on any atom is 0.411 e. The van der Waals surface area contributed by atoms with Crippen molar-refractivity contribution in [1.82, 2.24) is 5.32 Å². The molecule has 4 nitrogen and oxygen atoms in total. The van der Waals surface area contributed by atoms with E-state index in [1.54, 1.807) is 20.8 Å². The molecule has 0 bridgehead atoms. The van der Waals surface area contributed by atoms with E-state index in [9.17, 15) is 21.6 Å². The predicted molar refractivity (Wildman–Crippen MR) is 63.3 cm³/mol. The minimum atomic E-state index is -4.32. The van der Waals surface area contributed by atoms with E-state index < -0.39 is 27.4 Å². The Morgan fingerprint density at radius 1 is 1.11 bits per heavy atom. The van der Waals surface area contributed by atoms with Gasteiger partial charge >= 0.3 is 6.18 Å². The predicted octanol–water partition coefficient (Wildman–Crippen LogP) is 1.37. The lowest BCUT2D eigenvalue weighted by Crippen LogP contribution is -2.35. The molecular weight excluding hydrogens is 271 g/mol. The number of nitrogens with one attached hydrogen (secondary N) is 1. The third-order valence-corrected chi connectivity index (χ3v) is 4.78. The highest BCUT2D eigenvalue weighted by molar-refractivity contribution is 7.92. The average Bonchev–Trinajstić information content (AvgIpc) is 2.12. The summed E-state index contributed by atoms with van der Waals surface area (Å²) in [5.41, 5.74) is 0. The molecule has 0 fully saturated rings. The number of ether oxygens (including phenoxy) is 1. The maximum atomic E-state index is 11.7. The normalized spacial score (nSPS) is 13.9. The number of sulfone groups is 1. The summed E-state index contributed by atoms with van der Waals surface area (Å²) in [6.07, 6.45) is -4.32. The zero-order chi connectivity index (χ0) is 14.4. The van der Waals surface area contributed by atoms with E-state index in [2.05, 4.69) is 10.1 Å². The third kappa shape index (κ3) is 7.88. The van der Waals surface area contributed by atoms with Crippen LogP contribution in [0.4, 0.5) is 13.2 Å². The van der Waals surface area contributed by atoms with Gasteiger partial charge in [0.05, 0.1) is 17.1 Å². The van der Waals surface area contributed by atoms with Crippen LogP contribution in [0.2, 0.25) is 0 Å². The lowest BCUT2D eigenvalue weighted by molar-refractivity contribution is -0.173. The quantitative estimate of drug-likeness (QED) is 0.720. The van der Waals surface area contributed by atoms with Gasteiger partial charge in [-0.05, 0) is 20.8 Å². The Labute approximate surface area is 106 Å². The minimum Gasteiger partial charge on any atom is -0.371 e. The van der Waals surface area contributed by atoms with Crippen molar-refractivity contribution in [3.05, 3.63) is 0 Å². The SMILES string of the molecule is CC(C)(C)S(=O)(=O)CCNCCOCC(F)(F)F. The zero-order valence-corrected chi connectivity index (χ0v) is 11.6. The molecule has 0 radical (unpaired) electrons. The molecule has 0 aromatic heterocycles. The fourth-order valence-corrected chi connectivity index (χ4v) is 2.00. The van der Waals surface area contributed by atoms with Crippen LogP contribution in [0.3, 0.4) is 0 Å². The second kappa shape index (κ2) is 6.72. The van der Waals surface area contributed by atoms with Crippen molar-refractivity contribution in [3.8, 4) is 0 Å². The van der Waals surface area contributed by atoms with Gasteiger partial charge in [0.2, 0.25) is 0 Å². The van der Waals surface area contributed by atoms with Gasteiger partial charge in [-0.25, -0.2) is 8.42 Å². The third-order valence-electron chi connectivity index (χ3n) is 2.17. The monoisotopic (exact) mass is 291 g/mol. The molecule has 0 heterocycles. The van der Waals surface area contributed by atoms with Crippen LogP contribution in [-0.4, -0.2) is 51.4 Å². The Morgan fingerprint density at radius 3 is 2.11 bits per heavy atom. The summed E-state index contributed by atoms with van der Waals surface area (Å²) >= 11 is 0. The van der Waals surface area contributed by atoms with E-state index in [0.29, 0.717) is 0 Å². The first-order valence-electron chi connectivity index (χ1n) is 5.53. The molecule has 0 aromatic rings. The molecule has 8 heteroatoms. The Balaban J connectivity index is 3.65. The van der Waals surface area contributed by atoms with E-state index in [-0.39, 0.29) is 25.4 Å². The summed E-state index contributed by atoms with van der Waals surface area (Å²) in [6.45, 7) is 3.83. The molecule has 0 aromatic carbocycles. The molecule has 0 rings (SSSR count). The van der Waals surface area contributed by atoms with E-state index >= 15 is 0 Å². The molecule has 0 aliphatic heterocycles. The van der Waals surface area contributed by atoms with Crippen molar-refractivity contribution >= 4 is 9.84 Å². The zero-order valence-electron chi connectivity index (χ0n) is 10.8. The lowest BCUT2D eigenvalue weighted by atomic mass is 10.3. The first-order valence-corrected chi connectivity index (χ1v) is 7.18. The van der Waals surface area contributed by atoms with E-state index in [1.807, 2.05) is 0 Å². The van der Waals surface area contributed by atoms with E-state index in [4.69, 9.17) is 0 Å². The van der Waals surface area contributed by atoms with E-state index in [0.717, 1.165) is 0 Å². The number of hydrogen-bond donors (Lipinski definition) is 1. The molecule has 0 atom stereocenters. The van der Waals surface area contributed by atoms with Crippen LogP contribution >= 0.6 is 0 Å². The number of alkyl halides is 3. The van der Waals surface area contributed by atoms with Crippen molar-refractivity contribution in [3.63, 3.8) is 0 Å². The number of hydrogen-bond acceptors (Lipinski definition) is 4. The topological polar surface area (TPSA) is 55.4 Å². The Hall–Kier alpha value is -0.340. The van der Waals surface area contributed by atoms with Crippen molar-refractivity contribution < 1.29 is 26.3 Å². The molecule has 0 saturated carbocycles. The van der Waals surface area contributed by atoms with Crippen LogP contribution in [0, 0.1) is 0 Å². The standard InChI is InChI=1S/C10H20F3NO3S/c1-9(2,3)18(15,16)7-5-14-4-6-17-8-10(11,12)13/h14H,4-8H2,1-3H3. The number of rotatable bonds is 7. The van der Waals surface area contributed by atoms with Crippen LogP contribution in [0.15, 0.2) is 0 Å². The van der Waals surface area contributed by atoms with Gasteiger partial charge in [0, 0.05) is 13.1 Å². The van der Waals surface area contributed by atoms with Crippen molar-refractivity contribution in [1.29, 1.82) is 0 Å². The van der Waals surface area contributed by atoms with Gasteiger partial charge in [0.1, 0.15) is 6.61 Å². The smallest absolute Gasteiger partial charge is 0.371 e. The van der Waals surface area contributed by atoms with Gasteiger partial charge < -0.3 is 10.1 Å². The van der Waals surface area contributed by atoms with Crippen LogP contribution in [0.1, 0.15) is 20.8 Å². The molecule has 0 saturated heterocycles. The van der Waals surface area contributed by atoms with Crippen molar-refractivity contribution in [2.24, 2.45) is 0 Å². The molecule has 1 N–H and O–H groups in total. The van der Waals surface area contributed by atoms with Crippen LogP contribution < -0.4 is 5.32 Å². The summed E-state index contributed by atoms with van der Waals surface area (Å²) in [7, 11) is -3.20. The molecule has 0 unspecified atom stereocenters. The van der Waals surface area contributed by atoms with Crippen LogP contribution in [0.5, 0.6) is 0 Å². The molecular formula is C10H20F3NO3S. The van der Waals surface area contributed by atoms with Gasteiger partial charge in [-0.2, -0.15) is 13.2 Å². The van der Waals surface area contributed by atoms with Gasteiger partial charge in [0.15, 0.2) is 9.84 Å². The molecule has 110 valence electrons. The molecule has 0 amide bonds. The van der Waals surface area contributed by atoms with Gasteiger partial charge in [-0.15, -0.1) is 0 Å². The number of halogens is 3. The summed E-state index contributed by atoms with van der Waals surface area (Å²) < 4.78 is 61.9. The average molecular weight is 291 g/mol. The van der Waals surface area contributed by atoms with Crippen LogP contribution in [-0.2, 0) is 14.6 Å². The second-order valence-electron chi connectivity index (χ2n) is 4.85.